The molecular weight excluding hydrogens is 446 g/mol. The van der Waals surface area contributed by atoms with E-state index in [4.69, 9.17) is 0 Å². The Morgan fingerprint density at radius 1 is 0.429 bits per heavy atom. The lowest BCUT2D eigenvalue weighted by Gasteiger charge is -2.28. The summed E-state index contributed by atoms with van der Waals surface area (Å²) in [7, 11) is 4.64. The van der Waals surface area contributed by atoms with Crippen LogP contribution in [0.3, 0.4) is 0 Å². The molecule has 0 spiro atoms. The number of unbranched alkanes of at least 4 members (excludes halogenated alkanes) is 25. The van der Waals surface area contributed by atoms with Gasteiger partial charge in [0.2, 0.25) is 0 Å². The smallest absolute Gasteiger partial charge is 0.0966 e. The minimum Gasteiger partial charge on any atom is -1.00 e. The first-order valence-corrected chi connectivity index (χ1v) is 16.1. The lowest BCUT2D eigenvalue weighted by molar-refractivity contribution is -0.884. The van der Waals surface area contributed by atoms with Crippen molar-refractivity contribution in [3.63, 3.8) is 0 Å². The fourth-order valence-electron chi connectivity index (χ4n) is 5.30. The Bertz CT molecular complexity index is 393. The maximum atomic E-state index is 3.88. The minimum atomic E-state index is 0. The number of nitrogens with zero attached hydrogens (tertiary/aromatic N) is 1. The van der Waals surface area contributed by atoms with E-state index in [0.29, 0.717) is 0 Å². The number of hydrogen-bond acceptors (Lipinski definition) is 0. The van der Waals surface area contributed by atoms with Crippen molar-refractivity contribution in [2.45, 2.75) is 174 Å². The predicted molar refractivity (Wildman–Crippen MR) is 158 cm³/mol. The average Bonchev–Trinajstić information content (AvgIpc) is 2.81. The Kier molecular flexibility index (Phi) is 32.1. The van der Waals surface area contributed by atoms with Gasteiger partial charge >= 0.3 is 0 Å². The van der Waals surface area contributed by atoms with E-state index in [2.05, 4.69) is 33.7 Å². The Morgan fingerprint density at radius 2 is 0.657 bits per heavy atom. The molecule has 0 aromatic heterocycles. The Morgan fingerprint density at radius 3 is 0.886 bits per heavy atom. The SMILES string of the molecule is C=CC[N+](C)(C)CCCCCCCCCCCCCCCCCCCCCCCCCCCC.[Cl-]. The molecule has 0 aromatic carbocycles. The van der Waals surface area contributed by atoms with Gasteiger partial charge in [0.1, 0.15) is 0 Å². The molecule has 0 fully saturated rings. The molecule has 2 heteroatoms. The second-order valence-corrected chi connectivity index (χ2v) is 12.0. The molecule has 0 aliphatic carbocycles. The maximum Gasteiger partial charge on any atom is 0.0966 e. The summed E-state index contributed by atoms with van der Waals surface area (Å²) >= 11 is 0. The highest BCUT2D eigenvalue weighted by Gasteiger charge is 2.11. The van der Waals surface area contributed by atoms with Crippen molar-refractivity contribution in [2.75, 3.05) is 27.2 Å². The van der Waals surface area contributed by atoms with E-state index in [1.165, 1.54) is 173 Å². The molecule has 212 valence electrons. The van der Waals surface area contributed by atoms with Crippen LogP contribution in [0.4, 0.5) is 0 Å². The van der Waals surface area contributed by atoms with Crippen LogP contribution in [-0.4, -0.2) is 31.7 Å². The van der Waals surface area contributed by atoms with Crippen molar-refractivity contribution >= 4 is 0 Å². The van der Waals surface area contributed by atoms with Crippen molar-refractivity contribution in [1.82, 2.24) is 0 Å². The molecule has 0 saturated carbocycles. The molecular formula is C33H68ClN. The summed E-state index contributed by atoms with van der Waals surface area (Å²) in [5.41, 5.74) is 0. The maximum absolute atomic E-state index is 3.88. The van der Waals surface area contributed by atoms with Crippen LogP contribution >= 0.6 is 0 Å². The van der Waals surface area contributed by atoms with Crippen molar-refractivity contribution < 1.29 is 16.9 Å². The van der Waals surface area contributed by atoms with Crippen molar-refractivity contribution in [1.29, 1.82) is 0 Å². The van der Waals surface area contributed by atoms with E-state index in [-0.39, 0.29) is 12.4 Å². The quantitative estimate of drug-likeness (QED) is 0.0534. The molecule has 0 aliphatic rings. The van der Waals surface area contributed by atoms with Gasteiger partial charge in [-0.1, -0.05) is 168 Å². The third kappa shape index (κ3) is 32.0. The average molecular weight is 514 g/mol. The van der Waals surface area contributed by atoms with Crippen LogP contribution in [0.5, 0.6) is 0 Å². The van der Waals surface area contributed by atoms with Crippen LogP contribution < -0.4 is 12.4 Å². The molecule has 0 heterocycles. The van der Waals surface area contributed by atoms with E-state index in [1.54, 1.807) is 0 Å². The highest BCUT2D eigenvalue weighted by Crippen LogP contribution is 2.16. The topological polar surface area (TPSA) is 0 Å². The minimum absolute atomic E-state index is 0. The molecule has 0 atom stereocenters. The molecule has 35 heavy (non-hydrogen) atoms. The van der Waals surface area contributed by atoms with Crippen molar-refractivity contribution in [3.8, 4) is 0 Å². The van der Waals surface area contributed by atoms with E-state index >= 15 is 0 Å². The molecule has 0 unspecified atom stereocenters. The van der Waals surface area contributed by atoms with Gasteiger partial charge in [0.25, 0.3) is 0 Å². The Hall–Kier alpha value is -0.0100. The number of hydrogen-bond donors (Lipinski definition) is 0. The summed E-state index contributed by atoms with van der Waals surface area (Å²) in [6.07, 6.45) is 40.2. The molecule has 0 radical (unpaired) electrons. The second kappa shape index (κ2) is 30.2. The largest absolute Gasteiger partial charge is 1.00 e. The fourth-order valence-corrected chi connectivity index (χ4v) is 5.30. The van der Waals surface area contributed by atoms with Crippen LogP contribution in [0.25, 0.3) is 0 Å². The lowest BCUT2D eigenvalue weighted by Crippen LogP contribution is -3.00. The summed E-state index contributed by atoms with van der Waals surface area (Å²) in [5.74, 6) is 0. The molecule has 0 rings (SSSR count). The van der Waals surface area contributed by atoms with Crippen LogP contribution in [0.15, 0.2) is 12.7 Å². The molecule has 0 aromatic rings. The van der Waals surface area contributed by atoms with Crippen LogP contribution in [0, 0.1) is 0 Å². The zero-order valence-corrected chi connectivity index (χ0v) is 25.7. The van der Waals surface area contributed by atoms with Gasteiger partial charge in [-0.3, -0.25) is 0 Å². The van der Waals surface area contributed by atoms with E-state index in [1.807, 2.05) is 0 Å². The van der Waals surface area contributed by atoms with E-state index < -0.39 is 0 Å². The second-order valence-electron chi connectivity index (χ2n) is 12.0. The number of halogens is 1. The molecule has 0 saturated heterocycles. The highest BCUT2D eigenvalue weighted by atomic mass is 35.5. The molecule has 0 amide bonds. The van der Waals surface area contributed by atoms with Gasteiger partial charge in [-0.2, -0.15) is 0 Å². The zero-order chi connectivity index (χ0) is 25.0. The standard InChI is InChI=1S/C33H68N.ClH/c1-5-7-8-9-10-11-12-13-14-15-16-17-18-19-20-21-22-23-24-25-26-27-28-29-30-31-33-34(3,4)32-6-2;/h6H,2,5,7-33H2,1,3-4H3;1H/q+1;/p-1. The van der Waals surface area contributed by atoms with Gasteiger partial charge in [-0.25, -0.2) is 0 Å². The van der Waals surface area contributed by atoms with Crippen LogP contribution in [0.1, 0.15) is 174 Å². The van der Waals surface area contributed by atoms with Crippen LogP contribution in [-0.2, 0) is 0 Å². The first-order chi connectivity index (χ1) is 16.6. The van der Waals surface area contributed by atoms with E-state index in [9.17, 15) is 0 Å². The Labute approximate surface area is 230 Å². The number of likely N-dealkylation sites (N-methyl/N-ethyl adjacent to an activating group) is 1. The lowest BCUT2D eigenvalue weighted by atomic mass is 10.0. The fraction of sp³-hybridized carbons (Fsp3) is 0.939. The summed E-state index contributed by atoms with van der Waals surface area (Å²) < 4.78 is 1.10. The zero-order valence-electron chi connectivity index (χ0n) is 24.9. The van der Waals surface area contributed by atoms with Gasteiger partial charge in [-0.05, 0) is 18.9 Å². The molecule has 1 nitrogen and oxygen atoms in total. The van der Waals surface area contributed by atoms with Crippen molar-refractivity contribution in [3.05, 3.63) is 12.7 Å². The van der Waals surface area contributed by atoms with Crippen LogP contribution in [0.2, 0.25) is 0 Å². The highest BCUT2D eigenvalue weighted by molar-refractivity contribution is 4.64. The summed E-state index contributed by atoms with van der Waals surface area (Å²) in [5, 5.41) is 0. The van der Waals surface area contributed by atoms with E-state index in [0.717, 1.165) is 11.0 Å². The van der Waals surface area contributed by atoms with Gasteiger partial charge in [0, 0.05) is 0 Å². The van der Waals surface area contributed by atoms with Gasteiger partial charge in [-0.15, -0.1) is 0 Å². The number of quaternary nitrogens is 1. The first-order valence-electron chi connectivity index (χ1n) is 16.1. The summed E-state index contributed by atoms with van der Waals surface area (Å²) in [6, 6.07) is 0. The Balaban J connectivity index is 0. The van der Waals surface area contributed by atoms with Gasteiger partial charge < -0.3 is 16.9 Å². The molecule has 0 N–H and O–H groups in total. The first kappa shape index (κ1) is 37.1. The number of rotatable bonds is 29. The molecule has 0 aliphatic heterocycles. The normalized spacial score (nSPS) is 11.5. The monoisotopic (exact) mass is 514 g/mol. The molecule has 0 bridgehead atoms. The predicted octanol–water partition coefficient (Wildman–Crippen LogP) is 8.42. The van der Waals surface area contributed by atoms with Gasteiger partial charge in [0.15, 0.2) is 0 Å². The third-order valence-corrected chi connectivity index (χ3v) is 7.74. The van der Waals surface area contributed by atoms with Crippen molar-refractivity contribution in [2.24, 2.45) is 0 Å². The van der Waals surface area contributed by atoms with Gasteiger partial charge in [0.05, 0.1) is 27.2 Å². The third-order valence-electron chi connectivity index (χ3n) is 7.74. The summed E-state index contributed by atoms with van der Waals surface area (Å²) in [6.45, 7) is 8.57. The summed E-state index contributed by atoms with van der Waals surface area (Å²) in [4.78, 5) is 0.